The van der Waals surface area contributed by atoms with Crippen molar-refractivity contribution >= 4 is 11.3 Å². The predicted molar refractivity (Wildman–Crippen MR) is 91.1 cm³/mol. The second-order valence-electron chi connectivity index (χ2n) is 7.07. The van der Waals surface area contributed by atoms with E-state index in [1.807, 2.05) is 0 Å². The van der Waals surface area contributed by atoms with Crippen LogP contribution in [0.2, 0.25) is 0 Å². The number of hydrogen-bond donors (Lipinski definition) is 1. The second kappa shape index (κ2) is 7.68. The summed E-state index contributed by atoms with van der Waals surface area (Å²) >= 11 is 1.78. The van der Waals surface area contributed by atoms with Crippen molar-refractivity contribution in [2.45, 2.75) is 39.2 Å². The number of likely N-dealkylation sites (N-methyl/N-ethyl adjacent to an activating group) is 1. The van der Waals surface area contributed by atoms with E-state index in [-0.39, 0.29) is 5.41 Å². The van der Waals surface area contributed by atoms with Gasteiger partial charge in [-0.15, -0.1) is 11.3 Å². The van der Waals surface area contributed by atoms with Gasteiger partial charge in [-0.2, -0.15) is 0 Å². The van der Waals surface area contributed by atoms with Gasteiger partial charge < -0.3 is 15.1 Å². The fourth-order valence-electron chi connectivity index (χ4n) is 2.45. The molecule has 0 unspecified atom stereocenters. The molecule has 1 aliphatic rings. The van der Waals surface area contributed by atoms with E-state index in [4.69, 9.17) is 4.98 Å². The number of aromatic nitrogens is 1. The van der Waals surface area contributed by atoms with Gasteiger partial charge in [0.2, 0.25) is 0 Å². The van der Waals surface area contributed by atoms with Gasteiger partial charge in [0, 0.05) is 43.5 Å². The summed E-state index contributed by atoms with van der Waals surface area (Å²) in [7, 11) is 2.21. The van der Waals surface area contributed by atoms with Crippen molar-refractivity contribution in [3.8, 4) is 0 Å². The van der Waals surface area contributed by atoms with Crippen molar-refractivity contribution in [2.24, 2.45) is 0 Å². The highest BCUT2D eigenvalue weighted by molar-refractivity contribution is 7.09. The van der Waals surface area contributed by atoms with Gasteiger partial charge in [0.15, 0.2) is 0 Å². The van der Waals surface area contributed by atoms with Crippen LogP contribution in [0.15, 0.2) is 5.38 Å². The molecule has 0 aliphatic carbocycles. The average Bonchev–Trinajstić information content (AvgIpc) is 2.89. The van der Waals surface area contributed by atoms with Crippen molar-refractivity contribution in [1.29, 1.82) is 0 Å². The van der Waals surface area contributed by atoms with Crippen LogP contribution in [0, 0.1) is 0 Å². The Bertz CT molecular complexity index is 416. The highest BCUT2D eigenvalue weighted by atomic mass is 32.1. The second-order valence-corrected chi connectivity index (χ2v) is 7.93. The van der Waals surface area contributed by atoms with Crippen molar-refractivity contribution < 1.29 is 0 Å². The van der Waals surface area contributed by atoms with E-state index in [1.54, 1.807) is 11.3 Å². The third-order valence-electron chi connectivity index (χ3n) is 3.92. The minimum absolute atomic E-state index is 0.171. The van der Waals surface area contributed by atoms with Crippen molar-refractivity contribution in [3.05, 3.63) is 16.1 Å². The van der Waals surface area contributed by atoms with Crippen LogP contribution in [0.5, 0.6) is 0 Å². The van der Waals surface area contributed by atoms with E-state index in [0.29, 0.717) is 0 Å². The molecule has 1 N–H and O–H groups in total. The molecule has 1 aliphatic heterocycles. The molecule has 120 valence electrons. The van der Waals surface area contributed by atoms with Gasteiger partial charge in [-0.3, -0.25) is 0 Å². The van der Waals surface area contributed by atoms with Crippen LogP contribution in [0.3, 0.4) is 0 Å². The number of piperazine rings is 1. The van der Waals surface area contributed by atoms with E-state index in [2.05, 4.69) is 48.3 Å². The fourth-order valence-corrected chi connectivity index (χ4v) is 3.36. The van der Waals surface area contributed by atoms with Crippen molar-refractivity contribution in [1.82, 2.24) is 20.1 Å². The molecule has 2 heterocycles. The molecule has 0 spiro atoms. The highest BCUT2D eigenvalue weighted by Crippen LogP contribution is 2.25. The molecule has 0 bridgehead atoms. The van der Waals surface area contributed by atoms with Crippen LogP contribution in [0.1, 0.15) is 37.9 Å². The first-order chi connectivity index (χ1) is 9.95. The van der Waals surface area contributed by atoms with Gasteiger partial charge in [-0.25, -0.2) is 4.98 Å². The minimum atomic E-state index is 0.171. The molecule has 1 fully saturated rings. The maximum atomic E-state index is 4.72. The van der Waals surface area contributed by atoms with Crippen LogP contribution >= 0.6 is 11.3 Å². The summed E-state index contributed by atoms with van der Waals surface area (Å²) in [4.78, 5) is 9.70. The molecule has 4 nitrogen and oxygen atoms in total. The zero-order valence-electron chi connectivity index (χ0n) is 14.0. The molecule has 0 amide bonds. The normalized spacial score (nSPS) is 18.3. The zero-order chi connectivity index (χ0) is 15.3. The first-order valence-electron chi connectivity index (χ1n) is 8.01. The largest absolute Gasteiger partial charge is 0.311 e. The number of rotatable bonds is 6. The molecular weight excluding hydrogens is 280 g/mol. The summed E-state index contributed by atoms with van der Waals surface area (Å²) in [5, 5.41) is 6.94. The van der Waals surface area contributed by atoms with Crippen LogP contribution in [0.25, 0.3) is 0 Å². The Morgan fingerprint density at radius 3 is 2.57 bits per heavy atom. The SMILES string of the molecule is CN1CCN(CCCNCc2csc(C(C)(C)C)n2)CC1. The van der Waals surface area contributed by atoms with Gasteiger partial charge >= 0.3 is 0 Å². The van der Waals surface area contributed by atoms with E-state index in [1.165, 1.54) is 49.8 Å². The lowest BCUT2D eigenvalue weighted by Crippen LogP contribution is -2.45. The molecule has 0 aromatic carbocycles. The Labute approximate surface area is 133 Å². The molecular formula is C16H30N4S. The Morgan fingerprint density at radius 2 is 1.95 bits per heavy atom. The van der Waals surface area contributed by atoms with Crippen molar-refractivity contribution in [2.75, 3.05) is 46.3 Å². The number of nitrogens with zero attached hydrogens (tertiary/aromatic N) is 3. The molecule has 5 heteroatoms. The monoisotopic (exact) mass is 310 g/mol. The Morgan fingerprint density at radius 1 is 1.24 bits per heavy atom. The number of thiazole rings is 1. The molecule has 2 rings (SSSR count). The third-order valence-corrected chi connectivity index (χ3v) is 5.24. The van der Waals surface area contributed by atoms with E-state index >= 15 is 0 Å². The summed E-state index contributed by atoms with van der Waals surface area (Å²) in [6.07, 6.45) is 1.22. The molecule has 0 atom stereocenters. The van der Waals surface area contributed by atoms with Crippen LogP contribution in [0.4, 0.5) is 0 Å². The van der Waals surface area contributed by atoms with Crippen LogP contribution < -0.4 is 5.32 Å². The lowest BCUT2D eigenvalue weighted by atomic mass is 9.98. The summed E-state index contributed by atoms with van der Waals surface area (Å²) in [6.45, 7) is 14.7. The highest BCUT2D eigenvalue weighted by Gasteiger charge is 2.17. The Balaban J connectivity index is 1.58. The van der Waals surface area contributed by atoms with Crippen molar-refractivity contribution in [3.63, 3.8) is 0 Å². The smallest absolute Gasteiger partial charge is 0.0982 e. The first kappa shape index (κ1) is 16.9. The zero-order valence-corrected chi connectivity index (χ0v) is 14.8. The average molecular weight is 311 g/mol. The third kappa shape index (κ3) is 5.66. The quantitative estimate of drug-likeness (QED) is 0.816. The lowest BCUT2D eigenvalue weighted by molar-refractivity contribution is 0.152. The van der Waals surface area contributed by atoms with Gasteiger partial charge in [-0.05, 0) is 26.6 Å². The van der Waals surface area contributed by atoms with Gasteiger partial charge in [0.25, 0.3) is 0 Å². The standard InChI is InChI=1S/C16H30N4S/c1-16(2,3)15-18-14(13-21-15)12-17-6-5-7-20-10-8-19(4)9-11-20/h13,17H,5-12H2,1-4H3. The summed E-state index contributed by atoms with van der Waals surface area (Å²) < 4.78 is 0. The fraction of sp³-hybridized carbons (Fsp3) is 0.812. The minimum Gasteiger partial charge on any atom is -0.311 e. The van der Waals surface area contributed by atoms with Crippen LogP contribution in [-0.2, 0) is 12.0 Å². The summed E-state index contributed by atoms with van der Waals surface area (Å²) in [5.41, 5.74) is 1.36. The Hall–Kier alpha value is -0.490. The number of nitrogens with one attached hydrogen (secondary N) is 1. The summed E-state index contributed by atoms with van der Waals surface area (Å²) in [6, 6.07) is 0. The van der Waals surface area contributed by atoms with Gasteiger partial charge in [-0.1, -0.05) is 20.8 Å². The Kier molecular flexibility index (Phi) is 6.17. The molecule has 1 aromatic heterocycles. The van der Waals surface area contributed by atoms with Gasteiger partial charge in [0.05, 0.1) is 10.7 Å². The molecule has 1 aromatic rings. The van der Waals surface area contributed by atoms with Crippen LogP contribution in [-0.4, -0.2) is 61.1 Å². The lowest BCUT2D eigenvalue weighted by Gasteiger charge is -2.32. The molecule has 21 heavy (non-hydrogen) atoms. The predicted octanol–water partition coefficient (Wildman–Crippen LogP) is 2.17. The molecule has 0 radical (unpaired) electrons. The van der Waals surface area contributed by atoms with E-state index in [0.717, 1.165) is 13.1 Å². The summed E-state index contributed by atoms with van der Waals surface area (Å²) in [5.74, 6) is 0. The maximum absolute atomic E-state index is 4.72. The maximum Gasteiger partial charge on any atom is 0.0982 e. The topological polar surface area (TPSA) is 31.4 Å². The molecule has 0 saturated carbocycles. The van der Waals surface area contributed by atoms with Gasteiger partial charge in [0.1, 0.15) is 0 Å². The number of hydrogen-bond acceptors (Lipinski definition) is 5. The molecule has 1 saturated heterocycles. The first-order valence-corrected chi connectivity index (χ1v) is 8.89. The van der Waals surface area contributed by atoms with E-state index in [9.17, 15) is 0 Å². The van der Waals surface area contributed by atoms with E-state index < -0.39 is 0 Å².